The first kappa shape index (κ1) is 13.7. The van der Waals surface area contributed by atoms with Crippen LogP contribution >= 0.6 is 0 Å². The molecule has 4 heteroatoms. The van der Waals surface area contributed by atoms with Gasteiger partial charge >= 0.3 is 5.97 Å². The summed E-state index contributed by atoms with van der Waals surface area (Å²) in [5, 5.41) is 3.33. The zero-order valence-corrected chi connectivity index (χ0v) is 11.6. The van der Waals surface area contributed by atoms with Gasteiger partial charge in [-0.3, -0.25) is 0 Å². The first-order chi connectivity index (χ1) is 9.11. The summed E-state index contributed by atoms with van der Waals surface area (Å²) in [5.74, 6) is 1.12. The van der Waals surface area contributed by atoms with Crippen molar-refractivity contribution in [3.8, 4) is 0 Å². The number of methoxy groups -OCH3 is 1. The summed E-state index contributed by atoms with van der Waals surface area (Å²) < 4.78 is 4.79. The van der Waals surface area contributed by atoms with Crippen molar-refractivity contribution in [2.24, 2.45) is 11.8 Å². The summed E-state index contributed by atoms with van der Waals surface area (Å²) in [5.41, 5.74) is 7.76. The molecule has 0 saturated heterocycles. The van der Waals surface area contributed by atoms with Crippen LogP contribution in [0.4, 0.5) is 11.4 Å². The van der Waals surface area contributed by atoms with Crippen molar-refractivity contribution >= 4 is 17.3 Å². The summed E-state index contributed by atoms with van der Waals surface area (Å²) >= 11 is 0. The maximum Gasteiger partial charge on any atom is 0.340 e. The Morgan fingerprint density at radius 1 is 1.47 bits per heavy atom. The third-order valence-corrected chi connectivity index (χ3v) is 3.87. The van der Waals surface area contributed by atoms with Gasteiger partial charge in [-0.2, -0.15) is 0 Å². The Bertz CT molecular complexity index is 459. The van der Waals surface area contributed by atoms with Crippen molar-refractivity contribution in [2.75, 3.05) is 24.7 Å². The zero-order chi connectivity index (χ0) is 13.8. The predicted molar refractivity (Wildman–Crippen MR) is 77.2 cm³/mol. The number of carbonyl (C=O) groups excluding carboxylic acids is 1. The number of nitrogens with one attached hydrogen (secondary N) is 1. The monoisotopic (exact) mass is 262 g/mol. The average molecular weight is 262 g/mol. The molecule has 1 aliphatic carbocycles. The lowest BCUT2D eigenvalue weighted by Gasteiger charge is -2.16. The summed E-state index contributed by atoms with van der Waals surface area (Å²) in [6, 6.07) is 5.30. The molecule has 4 nitrogen and oxygen atoms in total. The smallest absolute Gasteiger partial charge is 0.340 e. The molecule has 0 aromatic heterocycles. The SMILES string of the molecule is COC(=O)c1cccc(N)c1NCC1CCC(C)C1. The molecule has 104 valence electrons. The van der Waals surface area contributed by atoms with Gasteiger partial charge in [0.05, 0.1) is 24.0 Å². The molecule has 1 fully saturated rings. The standard InChI is InChI=1S/C15H22N2O2/c1-10-6-7-11(8-10)9-17-14-12(15(18)19-2)4-3-5-13(14)16/h3-5,10-11,17H,6-9,16H2,1-2H3. The molecule has 1 saturated carbocycles. The predicted octanol–water partition coefficient (Wildman–Crippen LogP) is 2.90. The van der Waals surface area contributed by atoms with E-state index in [2.05, 4.69) is 12.2 Å². The van der Waals surface area contributed by atoms with E-state index in [0.29, 0.717) is 22.9 Å². The molecule has 2 rings (SSSR count). The first-order valence-corrected chi connectivity index (χ1v) is 6.82. The highest BCUT2D eigenvalue weighted by Gasteiger charge is 2.22. The van der Waals surface area contributed by atoms with Gasteiger partial charge in [0.15, 0.2) is 0 Å². The van der Waals surface area contributed by atoms with Crippen LogP contribution in [0.25, 0.3) is 0 Å². The van der Waals surface area contributed by atoms with Crippen molar-refractivity contribution in [1.82, 2.24) is 0 Å². The molecule has 1 aromatic rings. The molecule has 0 heterocycles. The van der Waals surface area contributed by atoms with Gasteiger partial charge in [0.1, 0.15) is 0 Å². The highest BCUT2D eigenvalue weighted by molar-refractivity contribution is 5.98. The van der Waals surface area contributed by atoms with E-state index >= 15 is 0 Å². The lowest BCUT2D eigenvalue weighted by Crippen LogP contribution is -2.16. The fraction of sp³-hybridized carbons (Fsp3) is 0.533. The third-order valence-electron chi connectivity index (χ3n) is 3.87. The number of rotatable bonds is 4. The summed E-state index contributed by atoms with van der Waals surface area (Å²) in [6.45, 7) is 3.15. The number of carbonyl (C=O) groups is 1. The van der Waals surface area contributed by atoms with Gasteiger partial charge in [-0.1, -0.05) is 19.4 Å². The Morgan fingerprint density at radius 3 is 2.89 bits per heavy atom. The van der Waals surface area contributed by atoms with Crippen molar-refractivity contribution < 1.29 is 9.53 Å². The van der Waals surface area contributed by atoms with Crippen LogP contribution in [0.2, 0.25) is 0 Å². The van der Waals surface area contributed by atoms with Crippen molar-refractivity contribution in [1.29, 1.82) is 0 Å². The third kappa shape index (κ3) is 3.19. The minimum atomic E-state index is -0.352. The van der Waals surface area contributed by atoms with Gasteiger partial charge in [0, 0.05) is 6.54 Å². The van der Waals surface area contributed by atoms with Crippen LogP contribution in [0, 0.1) is 11.8 Å². The normalized spacial score (nSPS) is 22.2. The van der Waals surface area contributed by atoms with Crippen molar-refractivity contribution in [2.45, 2.75) is 26.2 Å². The summed E-state index contributed by atoms with van der Waals surface area (Å²) in [6.07, 6.45) is 3.78. The molecule has 19 heavy (non-hydrogen) atoms. The molecule has 1 aromatic carbocycles. The lowest BCUT2D eigenvalue weighted by atomic mass is 10.1. The van der Waals surface area contributed by atoms with Gasteiger partial charge in [0.2, 0.25) is 0 Å². The molecular weight excluding hydrogens is 240 g/mol. The minimum absolute atomic E-state index is 0.352. The number of esters is 1. The number of ether oxygens (including phenoxy) is 1. The number of anilines is 2. The van der Waals surface area contributed by atoms with Crippen LogP contribution < -0.4 is 11.1 Å². The number of nitrogen functional groups attached to an aromatic ring is 1. The Morgan fingerprint density at radius 2 is 2.26 bits per heavy atom. The molecule has 1 aliphatic rings. The molecular formula is C15H22N2O2. The van der Waals surface area contributed by atoms with Gasteiger partial charge in [-0.05, 0) is 36.8 Å². The number of hydrogen-bond donors (Lipinski definition) is 2. The first-order valence-electron chi connectivity index (χ1n) is 6.82. The molecule has 3 N–H and O–H groups in total. The Labute approximate surface area is 114 Å². The van der Waals surface area contributed by atoms with E-state index in [1.165, 1.54) is 26.4 Å². The van der Waals surface area contributed by atoms with E-state index < -0.39 is 0 Å². The minimum Gasteiger partial charge on any atom is -0.465 e. The zero-order valence-electron chi connectivity index (χ0n) is 11.6. The van der Waals surface area contributed by atoms with E-state index in [1.807, 2.05) is 0 Å². The van der Waals surface area contributed by atoms with Gasteiger partial charge in [-0.15, -0.1) is 0 Å². The second kappa shape index (κ2) is 5.95. The van der Waals surface area contributed by atoms with Gasteiger partial charge in [0.25, 0.3) is 0 Å². The molecule has 2 unspecified atom stereocenters. The highest BCUT2D eigenvalue weighted by Crippen LogP contribution is 2.31. The maximum absolute atomic E-state index is 11.7. The highest BCUT2D eigenvalue weighted by atomic mass is 16.5. The van der Waals surface area contributed by atoms with E-state index in [9.17, 15) is 4.79 Å². The molecule has 2 atom stereocenters. The second-order valence-electron chi connectivity index (χ2n) is 5.43. The largest absolute Gasteiger partial charge is 0.465 e. The van der Waals surface area contributed by atoms with E-state index in [4.69, 9.17) is 10.5 Å². The lowest BCUT2D eigenvalue weighted by molar-refractivity contribution is 0.0602. The quantitative estimate of drug-likeness (QED) is 0.647. The summed E-state index contributed by atoms with van der Waals surface area (Å²) in [4.78, 5) is 11.7. The Hall–Kier alpha value is -1.71. The van der Waals surface area contributed by atoms with E-state index in [-0.39, 0.29) is 5.97 Å². The number of benzene rings is 1. The van der Waals surface area contributed by atoms with E-state index in [0.717, 1.165) is 12.5 Å². The van der Waals surface area contributed by atoms with Crippen LogP contribution in [-0.2, 0) is 4.74 Å². The summed E-state index contributed by atoms with van der Waals surface area (Å²) in [7, 11) is 1.38. The molecule has 0 amide bonds. The average Bonchev–Trinajstić information content (AvgIpc) is 2.82. The fourth-order valence-electron chi connectivity index (χ4n) is 2.80. The second-order valence-corrected chi connectivity index (χ2v) is 5.43. The van der Waals surface area contributed by atoms with Crippen LogP contribution in [0.1, 0.15) is 36.5 Å². The molecule has 0 radical (unpaired) electrons. The molecule has 0 bridgehead atoms. The van der Waals surface area contributed by atoms with Crippen LogP contribution in [-0.4, -0.2) is 19.6 Å². The number of para-hydroxylation sites is 1. The Balaban J connectivity index is 2.08. The van der Waals surface area contributed by atoms with Crippen molar-refractivity contribution in [3.63, 3.8) is 0 Å². The van der Waals surface area contributed by atoms with Crippen LogP contribution in [0.3, 0.4) is 0 Å². The molecule has 0 spiro atoms. The van der Waals surface area contributed by atoms with Crippen LogP contribution in [0.15, 0.2) is 18.2 Å². The fourth-order valence-corrected chi connectivity index (χ4v) is 2.80. The topological polar surface area (TPSA) is 64.3 Å². The van der Waals surface area contributed by atoms with E-state index in [1.54, 1.807) is 18.2 Å². The maximum atomic E-state index is 11.7. The number of nitrogens with two attached hydrogens (primary N) is 1. The van der Waals surface area contributed by atoms with Crippen molar-refractivity contribution in [3.05, 3.63) is 23.8 Å². The van der Waals surface area contributed by atoms with Gasteiger partial charge < -0.3 is 15.8 Å². The molecule has 0 aliphatic heterocycles. The Kier molecular flexibility index (Phi) is 4.30. The van der Waals surface area contributed by atoms with Crippen LogP contribution in [0.5, 0.6) is 0 Å². The number of hydrogen-bond acceptors (Lipinski definition) is 4. The van der Waals surface area contributed by atoms with Gasteiger partial charge in [-0.25, -0.2) is 4.79 Å².